The summed E-state index contributed by atoms with van der Waals surface area (Å²) in [6, 6.07) is 11.2. The second-order valence-electron chi connectivity index (χ2n) is 7.98. The SMILES string of the molecule is O=C(N1CCN(C2CCNC2)CC1)C1(c2ccccc2)CCCCC1. The summed E-state index contributed by atoms with van der Waals surface area (Å²) >= 11 is 0. The minimum Gasteiger partial charge on any atom is -0.339 e. The van der Waals surface area contributed by atoms with E-state index in [1.165, 1.54) is 31.2 Å². The number of nitrogens with one attached hydrogen (secondary N) is 1. The molecule has 3 fully saturated rings. The highest BCUT2D eigenvalue weighted by Crippen LogP contribution is 2.41. The van der Waals surface area contributed by atoms with E-state index in [1.54, 1.807) is 0 Å². The summed E-state index contributed by atoms with van der Waals surface area (Å²) in [7, 11) is 0. The third-order valence-electron chi connectivity index (χ3n) is 6.60. The van der Waals surface area contributed by atoms with Crippen molar-refractivity contribution in [3.8, 4) is 0 Å². The molecule has 1 aromatic carbocycles. The minimum atomic E-state index is -0.267. The van der Waals surface area contributed by atoms with Crippen LogP contribution in [0.4, 0.5) is 0 Å². The van der Waals surface area contributed by atoms with Crippen molar-refractivity contribution < 1.29 is 4.79 Å². The van der Waals surface area contributed by atoms with Crippen LogP contribution in [0.2, 0.25) is 0 Å². The van der Waals surface area contributed by atoms with Gasteiger partial charge in [-0.25, -0.2) is 0 Å². The maximum absolute atomic E-state index is 13.6. The number of carbonyl (C=O) groups is 1. The topological polar surface area (TPSA) is 35.6 Å². The average molecular weight is 341 g/mol. The molecule has 4 heteroatoms. The first-order valence-electron chi connectivity index (χ1n) is 10.1. The third kappa shape index (κ3) is 3.34. The van der Waals surface area contributed by atoms with Gasteiger partial charge in [-0.05, 0) is 31.4 Å². The van der Waals surface area contributed by atoms with Crippen LogP contribution in [-0.4, -0.2) is 61.0 Å². The largest absolute Gasteiger partial charge is 0.339 e. The highest BCUT2D eigenvalue weighted by atomic mass is 16.2. The molecular weight excluding hydrogens is 310 g/mol. The van der Waals surface area contributed by atoms with Crippen molar-refractivity contribution in [3.05, 3.63) is 35.9 Å². The number of nitrogens with zero attached hydrogens (tertiary/aromatic N) is 2. The molecule has 4 nitrogen and oxygen atoms in total. The number of benzene rings is 1. The Morgan fingerprint density at radius 3 is 2.36 bits per heavy atom. The lowest BCUT2D eigenvalue weighted by Gasteiger charge is -2.44. The highest BCUT2D eigenvalue weighted by molar-refractivity contribution is 5.88. The molecule has 25 heavy (non-hydrogen) atoms. The normalized spacial score (nSPS) is 27.4. The predicted octanol–water partition coefficient (Wildman–Crippen LogP) is 2.39. The van der Waals surface area contributed by atoms with Crippen LogP contribution in [0.1, 0.15) is 44.1 Å². The van der Waals surface area contributed by atoms with E-state index in [9.17, 15) is 4.79 Å². The lowest BCUT2D eigenvalue weighted by atomic mass is 9.68. The van der Waals surface area contributed by atoms with Crippen LogP contribution in [0.5, 0.6) is 0 Å². The Morgan fingerprint density at radius 2 is 1.72 bits per heavy atom. The second kappa shape index (κ2) is 7.46. The lowest BCUT2D eigenvalue weighted by Crippen LogP contribution is -2.57. The van der Waals surface area contributed by atoms with Crippen molar-refractivity contribution in [2.75, 3.05) is 39.3 Å². The molecular formula is C21H31N3O. The minimum absolute atomic E-state index is 0.267. The smallest absolute Gasteiger partial charge is 0.233 e. The van der Waals surface area contributed by atoms with E-state index in [2.05, 4.69) is 45.4 Å². The Morgan fingerprint density at radius 1 is 1.00 bits per heavy atom. The number of piperazine rings is 1. The van der Waals surface area contributed by atoms with Crippen LogP contribution in [0, 0.1) is 0 Å². The molecule has 1 aromatic rings. The van der Waals surface area contributed by atoms with E-state index in [0.717, 1.165) is 52.1 Å². The van der Waals surface area contributed by atoms with Crippen LogP contribution < -0.4 is 5.32 Å². The maximum Gasteiger partial charge on any atom is 0.233 e. The Hall–Kier alpha value is -1.39. The molecule has 1 saturated carbocycles. The van der Waals surface area contributed by atoms with Gasteiger partial charge in [0.15, 0.2) is 0 Å². The molecule has 1 aliphatic carbocycles. The zero-order chi connectivity index (χ0) is 17.1. The number of hydrogen-bond acceptors (Lipinski definition) is 3. The number of hydrogen-bond donors (Lipinski definition) is 1. The zero-order valence-electron chi connectivity index (χ0n) is 15.3. The van der Waals surface area contributed by atoms with Gasteiger partial charge in [0.25, 0.3) is 0 Å². The third-order valence-corrected chi connectivity index (χ3v) is 6.60. The van der Waals surface area contributed by atoms with Gasteiger partial charge < -0.3 is 10.2 Å². The summed E-state index contributed by atoms with van der Waals surface area (Å²) in [5, 5.41) is 3.46. The first-order valence-corrected chi connectivity index (χ1v) is 10.1. The number of amides is 1. The van der Waals surface area contributed by atoms with E-state index < -0.39 is 0 Å². The molecule has 1 amide bonds. The monoisotopic (exact) mass is 341 g/mol. The lowest BCUT2D eigenvalue weighted by molar-refractivity contribution is -0.141. The van der Waals surface area contributed by atoms with Crippen LogP contribution in [0.3, 0.4) is 0 Å². The summed E-state index contributed by atoms with van der Waals surface area (Å²) in [6.07, 6.45) is 6.90. The quantitative estimate of drug-likeness (QED) is 0.917. The molecule has 4 rings (SSSR count). The van der Waals surface area contributed by atoms with Gasteiger partial charge in [0.1, 0.15) is 0 Å². The molecule has 136 valence electrons. The van der Waals surface area contributed by atoms with Crippen LogP contribution in [-0.2, 0) is 10.2 Å². The summed E-state index contributed by atoms with van der Waals surface area (Å²) in [6.45, 7) is 6.10. The van der Waals surface area contributed by atoms with E-state index in [0.29, 0.717) is 11.9 Å². The summed E-state index contributed by atoms with van der Waals surface area (Å²) < 4.78 is 0. The van der Waals surface area contributed by atoms with Gasteiger partial charge in [0.05, 0.1) is 5.41 Å². The van der Waals surface area contributed by atoms with Crippen LogP contribution in [0.25, 0.3) is 0 Å². The van der Waals surface area contributed by atoms with Gasteiger partial charge in [-0.2, -0.15) is 0 Å². The van der Waals surface area contributed by atoms with Crippen molar-refractivity contribution in [2.24, 2.45) is 0 Å². The van der Waals surface area contributed by atoms with E-state index in [4.69, 9.17) is 0 Å². The molecule has 2 aliphatic heterocycles. The van der Waals surface area contributed by atoms with Gasteiger partial charge in [0, 0.05) is 38.8 Å². The predicted molar refractivity (Wildman–Crippen MR) is 101 cm³/mol. The van der Waals surface area contributed by atoms with Gasteiger partial charge in [-0.3, -0.25) is 9.69 Å². The molecule has 0 bridgehead atoms. The molecule has 3 aliphatic rings. The van der Waals surface area contributed by atoms with Crippen molar-refractivity contribution in [1.82, 2.24) is 15.1 Å². The van der Waals surface area contributed by atoms with Crippen molar-refractivity contribution in [1.29, 1.82) is 0 Å². The first kappa shape index (κ1) is 17.0. The van der Waals surface area contributed by atoms with Gasteiger partial charge in [0.2, 0.25) is 5.91 Å². The Balaban J connectivity index is 1.48. The molecule has 2 heterocycles. The Kier molecular flexibility index (Phi) is 5.09. The molecule has 1 N–H and O–H groups in total. The molecule has 2 saturated heterocycles. The number of rotatable bonds is 3. The molecule has 0 spiro atoms. The zero-order valence-corrected chi connectivity index (χ0v) is 15.3. The van der Waals surface area contributed by atoms with Gasteiger partial charge in [-0.15, -0.1) is 0 Å². The maximum atomic E-state index is 13.6. The van der Waals surface area contributed by atoms with Crippen LogP contribution in [0.15, 0.2) is 30.3 Å². The van der Waals surface area contributed by atoms with E-state index >= 15 is 0 Å². The van der Waals surface area contributed by atoms with Crippen LogP contribution >= 0.6 is 0 Å². The van der Waals surface area contributed by atoms with Crippen molar-refractivity contribution in [2.45, 2.75) is 50.0 Å². The fourth-order valence-electron chi connectivity index (χ4n) is 5.08. The van der Waals surface area contributed by atoms with Crippen molar-refractivity contribution in [3.63, 3.8) is 0 Å². The molecule has 1 atom stereocenters. The average Bonchev–Trinajstić information content (AvgIpc) is 3.24. The Bertz CT molecular complexity index is 568. The second-order valence-corrected chi connectivity index (χ2v) is 7.98. The summed E-state index contributed by atoms with van der Waals surface area (Å²) in [4.78, 5) is 18.3. The fourth-order valence-corrected chi connectivity index (χ4v) is 5.08. The molecule has 0 radical (unpaired) electrons. The first-order chi connectivity index (χ1) is 12.3. The Labute approximate surface area is 151 Å². The summed E-state index contributed by atoms with van der Waals surface area (Å²) in [5.41, 5.74) is 0.971. The van der Waals surface area contributed by atoms with Crippen molar-refractivity contribution >= 4 is 5.91 Å². The molecule has 0 aromatic heterocycles. The van der Waals surface area contributed by atoms with E-state index in [1.807, 2.05) is 0 Å². The van der Waals surface area contributed by atoms with Gasteiger partial charge >= 0.3 is 0 Å². The number of carbonyl (C=O) groups excluding carboxylic acids is 1. The highest BCUT2D eigenvalue weighted by Gasteiger charge is 2.44. The van der Waals surface area contributed by atoms with Gasteiger partial charge in [-0.1, -0.05) is 49.6 Å². The standard InChI is InChI=1S/C21H31N3O/c25-20(24-15-13-23(14-16-24)19-9-12-22-17-19)21(10-5-2-6-11-21)18-7-3-1-4-8-18/h1,3-4,7-8,19,22H,2,5-6,9-17H2. The molecule has 1 unspecified atom stereocenters. The van der Waals surface area contributed by atoms with E-state index in [-0.39, 0.29) is 5.41 Å². The summed E-state index contributed by atoms with van der Waals surface area (Å²) in [5.74, 6) is 0.391. The fraction of sp³-hybridized carbons (Fsp3) is 0.667.